The predicted octanol–water partition coefficient (Wildman–Crippen LogP) is 1.87. The van der Waals surface area contributed by atoms with Gasteiger partial charge >= 0.3 is 6.09 Å². The van der Waals surface area contributed by atoms with Crippen molar-refractivity contribution in [3.8, 4) is 12.3 Å². The predicted molar refractivity (Wildman–Crippen MR) is 77.0 cm³/mol. The summed E-state index contributed by atoms with van der Waals surface area (Å²) in [5.74, 6) is 2.58. The van der Waals surface area contributed by atoms with E-state index in [0.29, 0.717) is 13.1 Å². The van der Waals surface area contributed by atoms with Crippen LogP contribution in [0.1, 0.15) is 40.5 Å². The molecule has 0 saturated carbocycles. The zero-order valence-electron chi connectivity index (χ0n) is 12.8. The lowest BCUT2D eigenvalue weighted by Gasteiger charge is -2.38. The van der Waals surface area contributed by atoms with Gasteiger partial charge < -0.3 is 9.64 Å². The molecule has 112 valence electrons. The first-order valence-electron chi connectivity index (χ1n) is 6.93. The van der Waals surface area contributed by atoms with Gasteiger partial charge in [0.15, 0.2) is 0 Å². The number of hydrogen-bond donors (Lipinski definition) is 0. The van der Waals surface area contributed by atoms with Gasteiger partial charge in [-0.2, -0.15) is 0 Å². The van der Waals surface area contributed by atoms with Crippen molar-refractivity contribution in [2.24, 2.45) is 0 Å². The average molecular weight is 280 g/mol. The molecule has 2 amide bonds. The van der Waals surface area contributed by atoms with Crippen molar-refractivity contribution in [3.63, 3.8) is 0 Å². The number of hydrogen-bond acceptors (Lipinski definition) is 3. The lowest BCUT2D eigenvalue weighted by Crippen LogP contribution is -2.49. The summed E-state index contributed by atoms with van der Waals surface area (Å²) in [6.45, 7) is 8.60. The molecule has 0 bridgehead atoms. The Labute approximate surface area is 121 Å². The Kier molecular flexibility index (Phi) is 5.43. The number of likely N-dealkylation sites (tertiary alicyclic amines) is 1. The molecule has 20 heavy (non-hydrogen) atoms. The van der Waals surface area contributed by atoms with Crippen LogP contribution in [0.4, 0.5) is 4.79 Å². The maximum absolute atomic E-state index is 12.2. The van der Waals surface area contributed by atoms with Crippen molar-refractivity contribution in [3.05, 3.63) is 0 Å². The van der Waals surface area contributed by atoms with Gasteiger partial charge in [-0.3, -0.25) is 9.69 Å². The van der Waals surface area contributed by atoms with E-state index in [1.54, 1.807) is 16.7 Å². The van der Waals surface area contributed by atoms with Gasteiger partial charge in [0, 0.05) is 26.1 Å². The van der Waals surface area contributed by atoms with Crippen LogP contribution >= 0.6 is 0 Å². The molecule has 0 spiro atoms. The summed E-state index contributed by atoms with van der Waals surface area (Å²) in [7, 11) is 0. The van der Waals surface area contributed by atoms with E-state index in [4.69, 9.17) is 11.2 Å². The Morgan fingerprint density at radius 3 is 2.30 bits per heavy atom. The van der Waals surface area contributed by atoms with Gasteiger partial charge in [0.05, 0.1) is 6.54 Å². The van der Waals surface area contributed by atoms with Crippen LogP contribution in [-0.4, -0.2) is 53.1 Å². The molecule has 1 aliphatic rings. The number of rotatable bonds is 2. The van der Waals surface area contributed by atoms with Crippen molar-refractivity contribution in [2.45, 2.75) is 52.2 Å². The van der Waals surface area contributed by atoms with Gasteiger partial charge in [0.25, 0.3) is 0 Å². The van der Waals surface area contributed by atoms with Gasteiger partial charge in [-0.1, -0.05) is 5.92 Å². The first-order valence-corrected chi connectivity index (χ1v) is 6.93. The lowest BCUT2D eigenvalue weighted by atomic mass is 10.0. The van der Waals surface area contributed by atoms with Crippen molar-refractivity contribution in [2.75, 3.05) is 19.6 Å². The molecule has 0 radical (unpaired) electrons. The standard InChI is InChI=1S/C15H24N2O3/c1-6-9-17(14(19)20-15(3,4)5)13-7-10-16(11-8-13)12(2)18/h1,13H,7-11H2,2-5H3. The molecule has 1 rings (SSSR count). The molecular weight excluding hydrogens is 256 g/mol. The van der Waals surface area contributed by atoms with Gasteiger partial charge in [-0.25, -0.2) is 4.79 Å². The molecule has 5 heteroatoms. The summed E-state index contributed by atoms with van der Waals surface area (Å²) < 4.78 is 5.39. The minimum Gasteiger partial charge on any atom is -0.444 e. The molecule has 5 nitrogen and oxygen atoms in total. The molecule has 1 aliphatic heterocycles. The molecule has 0 aromatic carbocycles. The van der Waals surface area contributed by atoms with Crippen LogP contribution < -0.4 is 0 Å². The molecule has 1 fully saturated rings. The Hall–Kier alpha value is -1.70. The van der Waals surface area contributed by atoms with Gasteiger partial charge in [-0.15, -0.1) is 6.42 Å². The maximum Gasteiger partial charge on any atom is 0.411 e. The van der Waals surface area contributed by atoms with Crippen molar-refractivity contribution in [1.29, 1.82) is 0 Å². The molecular formula is C15H24N2O3. The Morgan fingerprint density at radius 1 is 1.35 bits per heavy atom. The second-order valence-corrected chi connectivity index (χ2v) is 6.05. The van der Waals surface area contributed by atoms with Crippen molar-refractivity contribution in [1.82, 2.24) is 9.80 Å². The summed E-state index contributed by atoms with van der Waals surface area (Å²) in [4.78, 5) is 26.9. The fourth-order valence-corrected chi connectivity index (χ4v) is 2.25. The average Bonchev–Trinajstić information content (AvgIpc) is 2.34. The lowest BCUT2D eigenvalue weighted by molar-refractivity contribution is -0.130. The summed E-state index contributed by atoms with van der Waals surface area (Å²) in [5.41, 5.74) is -0.538. The normalized spacial score (nSPS) is 16.4. The highest BCUT2D eigenvalue weighted by Gasteiger charge is 2.31. The number of ether oxygens (including phenoxy) is 1. The van der Waals surface area contributed by atoms with E-state index in [2.05, 4.69) is 5.92 Å². The quantitative estimate of drug-likeness (QED) is 0.726. The van der Waals surface area contributed by atoms with E-state index in [0.717, 1.165) is 12.8 Å². The third kappa shape index (κ3) is 4.76. The largest absolute Gasteiger partial charge is 0.444 e. The first-order chi connectivity index (χ1) is 9.24. The molecule has 1 saturated heterocycles. The van der Waals surface area contributed by atoms with Gasteiger partial charge in [-0.05, 0) is 33.6 Å². The number of terminal acetylenes is 1. The summed E-state index contributed by atoms with van der Waals surface area (Å²) in [5, 5.41) is 0. The topological polar surface area (TPSA) is 49.9 Å². The first kappa shape index (κ1) is 16.4. The van der Waals surface area contributed by atoms with Crippen LogP contribution in [0.15, 0.2) is 0 Å². The van der Waals surface area contributed by atoms with Crippen molar-refractivity contribution < 1.29 is 14.3 Å². The number of amides is 2. The monoisotopic (exact) mass is 280 g/mol. The summed E-state index contributed by atoms with van der Waals surface area (Å²) in [6, 6.07) is 0.0384. The highest BCUT2D eigenvalue weighted by atomic mass is 16.6. The maximum atomic E-state index is 12.2. The second-order valence-electron chi connectivity index (χ2n) is 6.05. The SMILES string of the molecule is C#CCN(C(=O)OC(C)(C)C)C1CCN(C(C)=O)CC1. The molecule has 0 atom stereocenters. The van der Waals surface area contributed by atoms with E-state index < -0.39 is 5.60 Å². The van der Waals surface area contributed by atoms with E-state index in [-0.39, 0.29) is 24.6 Å². The van der Waals surface area contributed by atoms with Crippen LogP contribution in [0.25, 0.3) is 0 Å². The number of carbonyl (C=O) groups is 2. The number of piperidine rings is 1. The molecule has 0 aromatic rings. The fraction of sp³-hybridized carbons (Fsp3) is 0.733. The summed E-state index contributed by atoms with van der Waals surface area (Å²) >= 11 is 0. The Morgan fingerprint density at radius 2 is 1.90 bits per heavy atom. The van der Waals surface area contributed by atoms with Crippen LogP contribution in [-0.2, 0) is 9.53 Å². The Balaban J connectivity index is 2.66. The minimum absolute atomic E-state index is 0.0384. The van der Waals surface area contributed by atoms with Gasteiger partial charge in [0.2, 0.25) is 5.91 Å². The van der Waals surface area contributed by atoms with E-state index in [1.165, 1.54) is 0 Å². The molecule has 0 N–H and O–H groups in total. The zero-order chi connectivity index (χ0) is 15.3. The van der Waals surface area contributed by atoms with Crippen LogP contribution in [0.3, 0.4) is 0 Å². The fourth-order valence-electron chi connectivity index (χ4n) is 2.25. The third-order valence-corrected chi connectivity index (χ3v) is 3.24. The number of nitrogens with zero attached hydrogens (tertiary/aromatic N) is 2. The number of carbonyl (C=O) groups excluding carboxylic acids is 2. The second kappa shape index (κ2) is 6.65. The van der Waals surface area contributed by atoms with E-state index in [9.17, 15) is 9.59 Å². The molecule has 0 unspecified atom stereocenters. The zero-order valence-corrected chi connectivity index (χ0v) is 12.8. The van der Waals surface area contributed by atoms with Crippen LogP contribution in [0.2, 0.25) is 0 Å². The van der Waals surface area contributed by atoms with Crippen LogP contribution in [0.5, 0.6) is 0 Å². The molecule has 0 aliphatic carbocycles. The minimum atomic E-state index is -0.538. The third-order valence-electron chi connectivity index (χ3n) is 3.24. The molecule has 0 aromatic heterocycles. The molecule has 1 heterocycles. The van der Waals surface area contributed by atoms with Crippen molar-refractivity contribution >= 4 is 12.0 Å². The Bertz CT molecular complexity index is 398. The van der Waals surface area contributed by atoms with Gasteiger partial charge in [0.1, 0.15) is 5.60 Å². The summed E-state index contributed by atoms with van der Waals surface area (Å²) in [6.07, 6.45) is 6.44. The smallest absolute Gasteiger partial charge is 0.411 e. The van der Waals surface area contributed by atoms with Crippen LogP contribution in [0, 0.1) is 12.3 Å². The highest BCUT2D eigenvalue weighted by molar-refractivity contribution is 5.73. The van der Waals surface area contributed by atoms with E-state index >= 15 is 0 Å². The highest BCUT2D eigenvalue weighted by Crippen LogP contribution is 2.19. The van der Waals surface area contributed by atoms with E-state index in [1.807, 2.05) is 20.8 Å².